The summed E-state index contributed by atoms with van der Waals surface area (Å²) in [5.74, 6) is 0.0849. The highest BCUT2D eigenvalue weighted by Crippen LogP contribution is 2.21. The number of anilines is 1. The minimum Gasteiger partial charge on any atom is -0.361 e. The summed E-state index contributed by atoms with van der Waals surface area (Å²) in [7, 11) is 0. The van der Waals surface area contributed by atoms with E-state index in [0.29, 0.717) is 6.54 Å². The zero-order chi connectivity index (χ0) is 13.0. The quantitative estimate of drug-likeness (QED) is 0.885. The molecule has 1 aliphatic heterocycles. The highest BCUT2D eigenvalue weighted by molar-refractivity contribution is 5.85. The number of benzene rings is 1. The number of hydrogen-bond donors (Lipinski definition) is 2. The summed E-state index contributed by atoms with van der Waals surface area (Å²) < 4.78 is 0. The highest BCUT2D eigenvalue weighted by Gasteiger charge is 2.17. The van der Waals surface area contributed by atoms with Crippen LogP contribution in [-0.2, 0) is 11.3 Å². The van der Waals surface area contributed by atoms with E-state index < -0.39 is 0 Å². The number of rotatable bonds is 3. The Balaban J connectivity index is 0.00000180. The van der Waals surface area contributed by atoms with Gasteiger partial charge in [0.15, 0.2) is 0 Å². The van der Waals surface area contributed by atoms with Crippen molar-refractivity contribution in [2.24, 2.45) is 0 Å². The van der Waals surface area contributed by atoms with Crippen LogP contribution in [0, 0.1) is 0 Å². The van der Waals surface area contributed by atoms with Crippen LogP contribution in [0.25, 0.3) is 0 Å². The summed E-state index contributed by atoms with van der Waals surface area (Å²) in [6, 6.07) is 8.46. The Bertz CT molecular complexity index is 423. The zero-order valence-corrected chi connectivity index (χ0v) is 12.3. The maximum absolute atomic E-state index is 11.9. The molecule has 4 nitrogen and oxygen atoms in total. The molecular formula is C14H22ClN3O. The monoisotopic (exact) mass is 283 g/mol. The smallest absolute Gasteiger partial charge is 0.239 e. The van der Waals surface area contributed by atoms with Crippen molar-refractivity contribution < 1.29 is 4.79 Å². The molecule has 5 heteroatoms. The van der Waals surface area contributed by atoms with Crippen molar-refractivity contribution in [2.45, 2.75) is 26.4 Å². The molecule has 0 fully saturated rings. The minimum absolute atomic E-state index is 0. The van der Waals surface area contributed by atoms with Gasteiger partial charge in [-0.2, -0.15) is 0 Å². The molecule has 106 valence electrons. The Morgan fingerprint density at radius 3 is 2.89 bits per heavy atom. The zero-order valence-electron chi connectivity index (χ0n) is 11.5. The standard InChI is InChI=1S/C14H21N3O.ClH/c1-11(2)16-14(18)10-17-8-7-15-9-12-5-3-4-6-13(12)17;/h3-6,11,15H,7-10H2,1-2H3,(H,16,18);1H. The Morgan fingerprint density at radius 1 is 1.42 bits per heavy atom. The van der Waals surface area contributed by atoms with Crippen LogP contribution in [0.4, 0.5) is 5.69 Å². The van der Waals surface area contributed by atoms with E-state index in [-0.39, 0.29) is 24.4 Å². The van der Waals surface area contributed by atoms with Gasteiger partial charge in [0.25, 0.3) is 0 Å². The first-order valence-corrected chi connectivity index (χ1v) is 6.50. The lowest BCUT2D eigenvalue weighted by Crippen LogP contribution is -2.41. The number of carbonyl (C=O) groups excluding carboxylic acids is 1. The van der Waals surface area contributed by atoms with Gasteiger partial charge in [-0.1, -0.05) is 18.2 Å². The second kappa shape index (κ2) is 7.36. The topological polar surface area (TPSA) is 44.4 Å². The van der Waals surface area contributed by atoms with Crippen LogP contribution < -0.4 is 15.5 Å². The predicted octanol–water partition coefficient (Wildman–Crippen LogP) is 1.54. The number of nitrogens with one attached hydrogen (secondary N) is 2. The summed E-state index contributed by atoms with van der Waals surface area (Å²) in [6.07, 6.45) is 0. The summed E-state index contributed by atoms with van der Waals surface area (Å²) in [6.45, 7) is 7.03. The fraction of sp³-hybridized carbons (Fsp3) is 0.500. The van der Waals surface area contributed by atoms with Crippen LogP contribution >= 0.6 is 12.4 Å². The minimum atomic E-state index is 0. The van der Waals surface area contributed by atoms with Crippen LogP contribution in [0.15, 0.2) is 24.3 Å². The largest absolute Gasteiger partial charge is 0.361 e. The summed E-state index contributed by atoms with van der Waals surface area (Å²) in [5.41, 5.74) is 2.42. The van der Waals surface area contributed by atoms with Gasteiger partial charge in [-0.05, 0) is 25.5 Å². The van der Waals surface area contributed by atoms with Crippen molar-refractivity contribution in [2.75, 3.05) is 24.5 Å². The van der Waals surface area contributed by atoms with E-state index in [1.807, 2.05) is 26.0 Å². The van der Waals surface area contributed by atoms with Crippen molar-refractivity contribution in [1.82, 2.24) is 10.6 Å². The number of fused-ring (bicyclic) bond motifs is 1. The lowest BCUT2D eigenvalue weighted by molar-refractivity contribution is -0.120. The number of amides is 1. The third-order valence-electron chi connectivity index (χ3n) is 2.99. The molecule has 1 heterocycles. The van der Waals surface area contributed by atoms with E-state index in [1.165, 1.54) is 11.3 Å². The van der Waals surface area contributed by atoms with Crippen molar-refractivity contribution in [3.63, 3.8) is 0 Å². The molecule has 1 aromatic carbocycles. The van der Waals surface area contributed by atoms with Gasteiger partial charge in [-0.3, -0.25) is 4.79 Å². The van der Waals surface area contributed by atoms with E-state index in [9.17, 15) is 4.79 Å². The fourth-order valence-electron chi connectivity index (χ4n) is 2.23. The normalized spacial score (nSPS) is 14.4. The van der Waals surface area contributed by atoms with Gasteiger partial charge in [0.1, 0.15) is 0 Å². The summed E-state index contributed by atoms with van der Waals surface area (Å²) in [4.78, 5) is 14.0. The molecule has 2 N–H and O–H groups in total. The second-order valence-electron chi connectivity index (χ2n) is 4.95. The molecule has 1 aromatic rings. The van der Waals surface area contributed by atoms with Crippen molar-refractivity contribution in [3.8, 4) is 0 Å². The van der Waals surface area contributed by atoms with Gasteiger partial charge < -0.3 is 15.5 Å². The first-order chi connectivity index (χ1) is 8.66. The van der Waals surface area contributed by atoms with E-state index in [4.69, 9.17) is 0 Å². The fourth-order valence-corrected chi connectivity index (χ4v) is 2.23. The molecule has 2 rings (SSSR count). The van der Waals surface area contributed by atoms with E-state index in [0.717, 1.165) is 19.6 Å². The van der Waals surface area contributed by atoms with Gasteiger partial charge in [0, 0.05) is 31.4 Å². The first kappa shape index (κ1) is 15.8. The molecule has 0 aliphatic carbocycles. The number of para-hydroxylation sites is 1. The Labute approximate surface area is 121 Å². The molecule has 0 aromatic heterocycles. The van der Waals surface area contributed by atoms with Crippen molar-refractivity contribution >= 4 is 24.0 Å². The predicted molar refractivity (Wildman–Crippen MR) is 80.9 cm³/mol. The van der Waals surface area contributed by atoms with Crippen LogP contribution in [0.1, 0.15) is 19.4 Å². The van der Waals surface area contributed by atoms with Gasteiger partial charge in [-0.15, -0.1) is 12.4 Å². The van der Waals surface area contributed by atoms with Crippen molar-refractivity contribution in [3.05, 3.63) is 29.8 Å². The summed E-state index contributed by atoms with van der Waals surface area (Å²) >= 11 is 0. The molecular weight excluding hydrogens is 262 g/mol. The molecule has 0 bridgehead atoms. The van der Waals surface area contributed by atoms with Crippen LogP contribution in [0.3, 0.4) is 0 Å². The lowest BCUT2D eigenvalue weighted by atomic mass is 10.1. The van der Waals surface area contributed by atoms with Crippen LogP contribution in [-0.4, -0.2) is 31.6 Å². The van der Waals surface area contributed by atoms with E-state index in [1.54, 1.807) is 0 Å². The Hall–Kier alpha value is -1.26. The number of hydrogen-bond acceptors (Lipinski definition) is 3. The van der Waals surface area contributed by atoms with Gasteiger partial charge in [0.2, 0.25) is 5.91 Å². The third-order valence-corrected chi connectivity index (χ3v) is 2.99. The van der Waals surface area contributed by atoms with Gasteiger partial charge >= 0.3 is 0 Å². The average Bonchev–Trinajstić information content (AvgIpc) is 2.51. The molecule has 0 saturated heterocycles. The Morgan fingerprint density at radius 2 is 2.16 bits per heavy atom. The van der Waals surface area contributed by atoms with Crippen LogP contribution in [0.2, 0.25) is 0 Å². The van der Waals surface area contributed by atoms with E-state index in [2.05, 4.69) is 27.7 Å². The highest BCUT2D eigenvalue weighted by atomic mass is 35.5. The number of carbonyl (C=O) groups is 1. The average molecular weight is 284 g/mol. The molecule has 0 atom stereocenters. The van der Waals surface area contributed by atoms with Crippen molar-refractivity contribution in [1.29, 1.82) is 0 Å². The third kappa shape index (κ3) is 4.40. The molecule has 0 saturated carbocycles. The maximum Gasteiger partial charge on any atom is 0.239 e. The van der Waals surface area contributed by atoms with Gasteiger partial charge in [0.05, 0.1) is 6.54 Å². The molecule has 0 radical (unpaired) electrons. The molecule has 1 amide bonds. The Kier molecular flexibility index (Phi) is 6.12. The maximum atomic E-state index is 11.9. The second-order valence-corrected chi connectivity index (χ2v) is 4.95. The number of nitrogens with zero attached hydrogens (tertiary/aromatic N) is 1. The molecule has 19 heavy (non-hydrogen) atoms. The van der Waals surface area contributed by atoms with Gasteiger partial charge in [-0.25, -0.2) is 0 Å². The van der Waals surface area contributed by atoms with Crippen LogP contribution in [0.5, 0.6) is 0 Å². The lowest BCUT2D eigenvalue weighted by Gasteiger charge is -2.24. The number of halogens is 1. The molecule has 0 spiro atoms. The first-order valence-electron chi connectivity index (χ1n) is 6.50. The van der Waals surface area contributed by atoms with E-state index >= 15 is 0 Å². The summed E-state index contributed by atoms with van der Waals surface area (Å²) in [5, 5.41) is 6.31. The SMILES string of the molecule is CC(C)NC(=O)CN1CCNCc2ccccc21.Cl. The molecule has 0 unspecified atom stereocenters. The molecule has 1 aliphatic rings.